The maximum Gasteiger partial charge on any atom is 0.0991 e. The lowest BCUT2D eigenvalue weighted by Crippen LogP contribution is -2.31. The zero-order valence-electron chi connectivity index (χ0n) is 14.2. The van der Waals surface area contributed by atoms with E-state index in [1.807, 2.05) is 12.1 Å². The SMILES string of the molecule is Cc1ccc(CN(Cc2ccc(C#N)cc2)CC2CCCO2)cc1. The monoisotopic (exact) mass is 320 g/mol. The van der Waals surface area contributed by atoms with Crippen LogP contribution in [0, 0.1) is 18.3 Å². The molecule has 2 aromatic carbocycles. The van der Waals surface area contributed by atoms with Crippen LogP contribution in [0.2, 0.25) is 0 Å². The Morgan fingerprint density at radius 1 is 1.04 bits per heavy atom. The van der Waals surface area contributed by atoms with Crippen molar-refractivity contribution in [3.63, 3.8) is 0 Å². The van der Waals surface area contributed by atoms with E-state index in [0.29, 0.717) is 11.7 Å². The molecule has 0 aliphatic carbocycles. The number of rotatable bonds is 6. The predicted octanol–water partition coefficient (Wildman–Crippen LogP) is 4.05. The molecule has 0 amide bonds. The third-order valence-corrected chi connectivity index (χ3v) is 4.50. The summed E-state index contributed by atoms with van der Waals surface area (Å²) in [5.74, 6) is 0. The molecule has 1 fully saturated rings. The molecule has 1 aliphatic heterocycles. The van der Waals surface area contributed by atoms with Gasteiger partial charge in [0.25, 0.3) is 0 Å². The standard InChI is InChI=1S/C21H24N2O/c1-17-4-6-19(7-5-17)14-23(16-21-3-2-12-24-21)15-20-10-8-18(13-22)9-11-20/h4-11,21H,2-3,12,14-16H2,1H3. The second-order valence-corrected chi connectivity index (χ2v) is 6.60. The van der Waals surface area contributed by atoms with Crippen molar-refractivity contribution in [2.45, 2.75) is 39.0 Å². The van der Waals surface area contributed by atoms with Crippen LogP contribution >= 0.6 is 0 Å². The molecule has 0 N–H and O–H groups in total. The Hall–Kier alpha value is -2.15. The van der Waals surface area contributed by atoms with Crippen LogP contribution in [-0.2, 0) is 17.8 Å². The van der Waals surface area contributed by atoms with E-state index in [4.69, 9.17) is 10.00 Å². The highest BCUT2D eigenvalue weighted by Gasteiger charge is 2.19. The number of ether oxygens (including phenoxy) is 1. The van der Waals surface area contributed by atoms with Crippen molar-refractivity contribution in [1.82, 2.24) is 4.90 Å². The van der Waals surface area contributed by atoms with Gasteiger partial charge in [-0.1, -0.05) is 42.0 Å². The third kappa shape index (κ3) is 4.67. The van der Waals surface area contributed by atoms with Crippen LogP contribution in [0.1, 0.15) is 35.1 Å². The van der Waals surface area contributed by atoms with Gasteiger partial charge in [0.1, 0.15) is 0 Å². The van der Waals surface area contributed by atoms with Crippen LogP contribution in [-0.4, -0.2) is 24.2 Å². The Morgan fingerprint density at radius 3 is 2.21 bits per heavy atom. The molecule has 0 radical (unpaired) electrons. The molecular weight excluding hydrogens is 296 g/mol. The highest BCUT2D eigenvalue weighted by atomic mass is 16.5. The number of nitrogens with zero attached hydrogens (tertiary/aromatic N) is 2. The summed E-state index contributed by atoms with van der Waals surface area (Å²) in [6.45, 7) is 5.75. The highest BCUT2D eigenvalue weighted by Crippen LogP contribution is 2.18. The number of aryl methyl sites for hydroxylation is 1. The molecule has 0 spiro atoms. The van der Waals surface area contributed by atoms with Crippen LogP contribution in [0.3, 0.4) is 0 Å². The first-order chi connectivity index (χ1) is 11.7. The summed E-state index contributed by atoms with van der Waals surface area (Å²) < 4.78 is 5.83. The van der Waals surface area contributed by atoms with Crippen molar-refractivity contribution in [3.8, 4) is 6.07 Å². The molecule has 124 valence electrons. The second kappa shape index (κ2) is 8.10. The molecule has 1 saturated heterocycles. The van der Waals surface area contributed by atoms with Gasteiger partial charge in [0, 0.05) is 26.2 Å². The van der Waals surface area contributed by atoms with Gasteiger partial charge in [-0.05, 0) is 43.0 Å². The summed E-state index contributed by atoms with van der Waals surface area (Å²) in [4.78, 5) is 2.45. The van der Waals surface area contributed by atoms with Crippen LogP contribution in [0.15, 0.2) is 48.5 Å². The Labute approximate surface area is 144 Å². The quantitative estimate of drug-likeness (QED) is 0.805. The topological polar surface area (TPSA) is 36.3 Å². The van der Waals surface area contributed by atoms with E-state index in [1.54, 1.807) is 0 Å². The van der Waals surface area contributed by atoms with Crippen molar-refractivity contribution in [2.75, 3.05) is 13.2 Å². The molecule has 0 bridgehead atoms. The number of hydrogen-bond donors (Lipinski definition) is 0. The van der Waals surface area contributed by atoms with E-state index in [1.165, 1.54) is 23.1 Å². The number of hydrogen-bond acceptors (Lipinski definition) is 3. The average molecular weight is 320 g/mol. The van der Waals surface area contributed by atoms with E-state index < -0.39 is 0 Å². The van der Waals surface area contributed by atoms with Gasteiger partial charge in [0.05, 0.1) is 17.7 Å². The molecule has 0 saturated carbocycles. The van der Waals surface area contributed by atoms with Gasteiger partial charge < -0.3 is 4.74 Å². The summed E-state index contributed by atoms with van der Waals surface area (Å²) in [5, 5.41) is 8.94. The van der Waals surface area contributed by atoms with E-state index in [-0.39, 0.29) is 0 Å². The van der Waals surface area contributed by atoms with Crippen molar-refractivity contribution >= 4 is 0 Å². The first-order valence-electron chi connectivity index (χ1n) is 8.61. The molecule has 24 heavy (non-hydrogen) atoms. The molecule has 0 aromatic heterocycles. The Kier molecular flexibility index (Phi) is 5.63. The normalized spacial score (nSPS) is 17.1. The van der Waals surface area contributed by atoms with Crippen molar-refractivity contribution < 1.29 is 4.74 Å². The first-order valence-corrected chi connectivity index (χ1v) is 8.61. The summed E-state index contributed by atoms with van der Waals surface area (Å²) in [6, 6.07) is 18.8. The zero-order chi connectivity index (χ0) is 16.8. The van der Waals surface area contributed by atoms with E-state index >= 15 is 0 Å². The molecule has 1 unspecified atom stereocenters. The van der Waals surface area contributed by atoms with Crippen LogP contribution in [0.4, 0.5) is 0 Å². The predicted molar refractivity (Wildman–Crippen MR) is 95.4 cm³/mol. The Morgan fingerprint density at radius 2 is 1.67 bits per heavy atom. The van der Waals surface area contributed by atoms with E-state index in [2.05, 4.69) is 54.3 Å². The van der Waals surface area contributed by atoms with E-state index in [9.17, 15) is 0 Å². The van der Waals surface area contributed by atoms with Crippen molar-refractivity contribution in [3.05, 3.63) is 70.8 Å². The van der Waals surface area contributed by atoms with Crippen molar-refractivity contribution in [1.29, 1.82) is 5.26 Å². The highest BCUT2D eigenvalue weighted by molar-refractivity contribution is 5.31. The lowest BCUT2D eigenvalue weighted by Gasteiger charge is -2.25. The number of nitriles is 1. The number of benzene rings is 2. The fraction of sp³-hybridized carbons (Fsp3) is 0.381. The molecule has 1 atom stereocenters. The molecule has 1 heterocycles. The minimum Gasteiger partial charge on any atom is -0.377 e. The van der Waals surface area contributed by atoms with Gasteiger partial charge in [0.2, 0.25) is 0 Å². The summed E-state index contributed by atoms with van der Waals surface area (Å²) in [5.41, 5.74) is 4.56. The van der Waals surface area contributed by atoms with Crippen LogP contribution < -0.4 is 0 Å². The van der Waals surface area contributed by atoms with Gasteiger partial charge in [-0.2, -0.15) is 5.26 Å². The lowest BCUT2D eigenvalue weighted by atomic mass is 10.1. The Bertz CT molecular complexity index is 679. The van der Waals surface area contributed by atoms with E-state index in [0.717, 1.165) is 32.7 Å². The fourth-order valence-electron chi connectivity index (χ4n) is 3.16. The Balaban J connectivity index is 1.70. The molecular formula is C21H24N2O. The van der Waals surface area contributed by atoms with Crippen LogP contribution in [0.25, 0.3) is 0 Å². The molecule has 2 aromatic rings. The van der Waals surface area contributed by atoms with Crippen molar-refractivity contribution in [2.24, 2.45) is 0 Å². The average Bonchev–Trinajstić information content (AvgIpc) is 3.10. The molecule has 3 heteroatoms. The zero-order valence-corrected chi connectivity index (χ0v) is 14.2. The maximum absolute atomic E-state index is 8.94. The molecule has 3 nitrogen and oxygen atoms in total. The summed E-state index contributed by atoms with van der Waals surface area (Å²) in [6.07, 6.45) is 2.66. The fourth-order valence-corrected chi connectivity index (χ4v) is 3.16. The largest absolute Gasteiger partial charge is 0.377 e. The van der Waals surface area contributed by atoms with Gasteiger partial charge >= 0.3 is 0 Å². The van der Waals surface area contributed by atoms with Gasteiger partial charge in [-0.3, -0.25) is 4.90 Å². The summed E-state index contributed by atoms with van der Waals surface area (Å²) >= 11 is 0. The van der Waals surface area contributed by atoms with Gasteiger partial charge in [-0.15, -0.1) is 0 Å². The molecule has 3 rings (SSSR count). The smallest absolute Gasteiger partial charge is 0.0991 e. The first kappa shape index (κ1) is 16.7. The minimum atomic E-state index is 0.342. The van der Waals surface area contributed by atoms with Gasteiger partial charge in [0.15, 0.2) is 0 Å². The minimum absolute atomic E-state index is 0.342. The molecule has 1 aliphatic rings. The van der Waals surface area contributed by atoms with Crippen LogP contribution in [0.5, 0.6) is 0 Å². The maximum atomic E-state index is 8.94. The third-order valence-electron chi connectivity index (χ3n) is 4.50. The summed E-state index contributed by atoms with van der Waals surface area (Å²) in [7, 11) is 0. The van der Waals surface area contributed by atoms with Gasteiger partial charge in [-0.25, -0.2) is 0 Å². The second-order valence-electron chi connectivity index (χ2n) is 6.60. The lowest BCUT2D eigenvalue weighted by molar-refractivity contribution is 0.0679.